The van der Waals surface area contributed by atoms with Crippen LogP contribution in [-0.4, -0.2) is 10.9 Å². The van der Waals surface area contributed by atoms with Gasteiger partial charge in [0, 0.05) is 17.8 Å². The summed E-state index contributed by atoms with van der Waals surface area (Å²) in [7, 11) is 0. The van der Waals surface area contributed by atoms with Crippen LogP contribution in [-0.2, 0) is 5.88 Å². The topological polar surface area (TPSA) is 42.0 Å². The van der Waals surface area contributed by atoms with Crippen molar-refractivity contribution in [3.8, 4) is 0 Å². The van der Waals surface area contributed by atoms with E-state index in [2.05, 4.69) is 10.3 Å². The molecule has 0 aliphatic heterocycles. The molecule has 1 heterocycles. The van der Waals surface area contributed by atoms with Gasteiger partial charge in [-0.2, -0.15) is 0 Å². The van der Waals surface area contributed by atoms with Crippen molar-refractivity contribution in [2.45, 2.75) is 5.88 Å². The number of nitrogens with zero attached hydrogens (tertiary/aromatic N) is 1. The molecule has 1 aromatic carbocycles. The highest BCUT2D eigenvalue weighted by Crippen LogP contribution is 2.18. The predicted octanol–water partition coefficient (Wildman–Crippen LogP) is 3.21. The van der Waals surface area contributed by atoms with Gasteiger partial charge >= 0.3 is 0 Å². The molecule has 1 amide bonds. The molecule has 0 aliphatic carbocycles. The third-order valence-electron chi connectivity index (χ3n) is 2.43. The molecule has 2 rings (SSSR count). The van der Waals surface area contributed by atoms with Crippen molar-refractivity contribution in [1.82, 2.24) is 4.98 Å². The van der Waals surface area contributed by atoms with E-state index in [4.69, 9.17) is 11.6 Å². The van der Waals surface area contributed by atoms with Crippen molar-refractivity contribution in [1.29, 1.82) is 0 Å². The second-order valence-electron chi connectivity index (χ2n) is 3.60. The number of anilines is 1. The molecule has 0 spiro atoms. The van der Waals surface area contributed by atoms with E-state index in [1.54, 1.807) is 18.2 Å². The van der Waals surface area contributed by atoms with Gasteiger partial charge in [0.1, 0.15) is 0 Å². The van der Waals surface area contributed by atoms with Crippen LogP contribution < -0.4 is 5.32 Å². The number of hydrogen-bond donors (Lipinski definition) is 1. The monoisotopic (exact) mass is 264 g/mol. The van der Waals surface area contributed by atoms with Gasteiger partial charge in [0.05, 0.1) is 11.8 Å². The van der Waals surface area contributed by atoms with Crippen molar-refractivity contribution in [3.05, 3.63) is 59.7 Å². The zero-order chi connectivity index (χ0) is 13.0. The summed E-state index contributed by atoms with van der Waals surface area (Å²) in [6, 6.07) is 8.43. The van der Waals surface area contributed by atoms with Crippen LogP contribution in [0.15, 0.2) is 42.7 Å². The van der Waals surface area contributed by atoms with Crippen LogP contribution in [0, 0.1) is 5.82 Å². The quantitative estimate of drug-likeness (QED) is 0.865. The lowest BCUT2D eigenvalue weighted by Crippen LogP contribution is -2.14. The number of amides is 1. The van der Waals surface area contributed by atoms with Crippen molar-refractivity contribution in [3.63, 3.8) is 0 Å². The molecule has 0 bridgehead atoms. The minimum Gasteiger partial charge on any atom is -0.322 e. The van der Waals surface area contributed by atoms with E-state index in [0.29, 0.717) is 5.69 Å². The molecule has 3 nitrogen and oxygen atoms in total. The second-order valence-corrected chi connectivity index (χ2v) is 3.87. The highest BCUT2D eigenvalue weighted by atomic mass is 35.5. The lowest BCUT2D eigenvalue weighted by Gasteiger charge is -2.09. The first-order chi connectivity index (χ1) is 8.72. The number of halogens is 2. The SMILES string of the molecule is O=C(Nc1ccccc1CCl)c1ccncc1F. The molecular formula is C13H10ClFN2O. The lowest BCUT2D eigenvalue weighted by atomic mass is 10.2. The van der Waals surface area contributed by atoms with E-state index in [-0.39, 0.29) is 11.4 Å². The fourth-order valence-corrected chi connectivity index (χ4v) is 1.74. The number of benzene rings is 1. The Kier molecular flexibility index (Phi) is 3.89. The highest BCUT2D eigenvalue weighted by Gasteiger charge is 2.12. The predicted molar refractivity (Wildman–Crippen MR) is 68.1 cm³/mol. The van der Waals surface area contributed by atoms with Gasteiger partial charge in [0.15, 0.2) is 5.82 Å². The van der Waals surface area contributed by atoms with Crippen LogP contribution in [0.5, 0.6) is 0 Å². The first kappa shape index (κ1) is 12.5. The van der Waals surface area contributed by atoms with Crippen molar-refractivity contribution in [2.24, 2.45) is 0 Å². The summed E-state index contributed by atoms with van der Waals surface area (Å²) in [6.07, 6.45) is 2.37. The van der Waals surface area contributed by atoms with Crippen LogP contribution in [0.1, 0.15) is 15.9 Å². The molecule has 18 heavy (non-hydrogen) atoms. The second kappa shape index (κ2) is 5.60. The maximum atomic E-state index is 13.4. The third kappa shape index (κ3) is 2.65. The standard InChI is InChI=1S/C13H10ClFN2O/c14-7-9-3-1-2-4-12(9)17-13(18)10-5-6-16-8-11(10)15/h1-6,8H,7H2,(H,17,18). The largest absolute Gasteiger partial charge is 0.322 e. The van der Waals surface area contributed by atoms with Gasteiger partial charge in [0.25, 0.3) is 5.91 Å². The molecule has 0 saturated carbocycles. The van der Waals surface area contributed by atoms with Crippen molar-refractivity contribution in [2.75, 3.05) is 5.32 Å². The number of hydrogen-bond acceptors (Lipinski definition) is 2. The van der Waals surface area contributed by atoms with E-state index in [1.807, 2.05) is 6.07 Å². The van der Waals surface area contributed by atoms with Gasteiger partial charge in [-0.1, -0.05) is 18.2 Å². The smallest absolute Gasteiger partial charge is 0.258 e. The van der Waals surface area contributed by atoms with Crippen LogP contribution in [0.2, 0.25) is 0 Å². The van der Waals surface area contributed by atoms with Crippen LogP contribution in [0.4, 0.5) is 10.1 Å². The molecule has 0 aliphatic rings. The van der Waals surface area contributed by atoms with E-state index in [9.17, 15) is 9.18 Å². The minimum atomic E-state index is -0.654. The molecule has 0 unspecified atom stereocenters. The van der Waals surface area contributed by atoms with Gasteiger partial charge in [-0.15, -0.1) is 11.6 Å². The van der Waals surface area contributed by atoms with Gasteiger partial charge in [0.2, 0.25) is 0 Å². The maximum absolute atomic E-state index is 13.4. The number of aromatic nitrogens is 1. The van der Waals surface area contributed by atoms with E-state index in [0.717, 1.165) is 11.8 Å². The van der Waals surface area contributed by atoms with E-state index >= 15 is 0 Å². The molecular weight excluding hydrogens is 255 g/mol. The Balaban J connectivity index is 2.24. The highest BCUT2D eigenvalue weighted by molar-refractivity contribution is 6.17. The molecule has 0 atom stereocenters. The number of para-hydroxylation sites is 1. The Labute approximate surface area is 109 Å². The van der Waals surface area contributed by atoms with Gasteiger partial charge in [-0.25, -0.2) is 4.39 Å². The number of alkyl halides is 1. The maximum Gasteiger partial charge on any atom is 0.258 e. The zero-order valence-corrected chi connectivity index (χ0v) is 10.1. The Bertz CT molecular complexity index is 574. The van der Waals surface area contributed by atoms with E-state index < -0.39 is 11.7 Å². The summed E-state index contributed by atoms with van der Waals surface area (Å²) in [4.78, 5) is 15.5. The molecule has 0 fully saturated rings. The lowest BCUT2D eigenvalue weighted by molar-refractivity contribution is 0.102. The van der Waals surface area contributed by atoms with Gasteiger partial charge in [-0.3, -0.25) is 9.78 Å². The van der Waals surface area contributed by atoms with Crippen LogP contribution >= 0.6 is 11.6 Å². The number of pyridine rings is 1. The summed E-state index contributed by atoms with van der Waals surface area (Å²) in [5.41, 5.74) is 1.31. The van der Waals surface area contributed by atoms with Crippen LogP contribution in [0.3, 0.4) is 0 Å². The molecule has 1 aromatic heterocycles. The normalized spacial score (nSPS) is 10.1. The summed E-state index contributed by atoms with van der Waals surface area (Å²) in [6.45, 7) is 0. The molecule has 1 N–H and O–H groups in total. The number of carbonyl (C=O) groups is 1. The van der Waals surface area contributed by atoms with Crippen molar-refractivity contribution >= 4 is 23.2 Å². The summed E-state index contributed by atoms with van der Waals surface area (Å²) >= 11 is 5.76. The molecule has 0 radical (unpaired) electrons. The minimum absolute atomic E-state index is 0.0469. The van der Waals surface area contributed by atoms with Crippen LogP contribution in [0.25, 0.3) is 0 Å². The Morgan fingerprint density at radius 2 is 2.11 bits per heavy atom. The molecule has 92 valence electrons. The molecule has 5 heteroatoms. The van der Waals surface area contributed by atoms with Crippen molar-refractivity contribution < 1.29 is 9.18 Å². The summed E-state index contributed by atoms with van der Waals surface area (Å²) in [5, 5.41) is 2.63. The number of rotatable bonds is 3. The Morgan fingerprint density at radius 1 is 1.33 bits per heavy atom. The fraction of sp³-hybridized carbons (Fsp3) is 0.0769. The number of carbonyl (C=O) groups excluding carboxylic acids is 1. The molecule has 2 aromatic rings. The Morgan fingerprint density at radius 3 is 2.83 bits per heavy atom. The average molecular weight is 265 g/mol. The first-order valence-corrected chi connectivity index (χ1v) is 5.80. The first-order valence-electron chi connectivity index (χ1n) is 5.27. The van der Waals surface area contributed by atoms with Gasteiger partial charge < -0.3 is 5.32 Å². The van der Waals surface area contributed by atoms with E-state index in [1.165, 1.54) is 12.3 Å². The Hall–Kier alpha value is -1.94. The fourth-order valence-electron chi connectivity index (χ4n) is 1.51. The summed E-state index contributed by atoms with van der Waals surface area (Å²) < 4.78 is 13.4. The zero-order valence-electron chi connectivity index (χ0n) is 9.36. The summed E-state index contributed by atoms with van der Waals surface area (Å²) in [5.74, 6) is -0.902. The van der Waals surface area contributed by atoms with Gasteiger partial charge in [-0.05, 0) is 17.7 Å². The molecule has 0 saturated heterocycles. The number of nitrogens with one attached hydrogen (secondary N) is 1. The third-order valence-corrected chi connectivity index (χ3v) is 2.71. The average Bonchev–Trinajstić information content (AvgIpc) is 2.39.